The van der Waals surface area contributed by atoms with Crippen molar-refractivity contribution < 1.29 is 9.18 Å². The number of hydrogen-bond acceptors (Lipinski definition) is 4. The van der Waals surface area contributed by atoms with Crippen LogP contribution in [0.3, 0.4) is 0 Å². The van der Waals surface area contributed by atoms with E-state index in [1.54, 1.807) is 24.4 Å². The molecule has 0 radical (unpaired) electrons. The fourth-order valence-corrected chi connectivity index (χ4v) is 2.91. The normalized spacial score (nSPS) is 15.3. The average Bonchev–Trinajstić information content (AvgIpc) is 2.61. The number of amides is 1. The second-order valence-electron chi connectivity index (χ2n) is 5.87. The summed E-state index contributed by atoms with van der Waals surface area (Å²) in [5.41, 5.74) is 1.01. The number of aromatic nitrogens is 2. The van der Waals surface area contributed by atoms with Crippen LogP contribution in [0.25, 0.3) is 0 Å². The number of aromatic amines is 1. The lowest BCUT2D eigenvalue weighted by Gasteiger charge is -2.32. The molecule has 126 valence electrons. The van der Waals surface area contributed by atoms with Crippen molar-refractivity contribution >= 4 is 11.6 Å². The summed E-state index contributed by atoms with van der Waals surface area (Å²) in [6.07, 6.45) is 2.99. The van der Waals surface area contributed by atoms with Crippen molar-refractivity contribution in [3.63, 3.8) is 0 Å². The van der Waals surface area contributed by atoms with E-state index in [0.29, 0.717) is 31.5 Å². The minimum absolute atomic E-state index is 0.0538. The molecule has 3 rings (SSSR count). The van der Waals surface area contributed by atoms with Gasteiger partial charge in [-0.2, -0.15) is 5.10 Å². The third-order valence-electron chi connectivity index (χ3n) is 4.29. The number of rotatable bonds is 4. The Labute approximate surface area is 138 Å². The molecule has 0 spiro atoms. The lowest BCUT2D eigenvalue weighted by Crippen LogP contribution is -2.40. The second kappa shape index (κ2) is 7.25. The molecule has 1 aromatic carbocycles. The molecular weight excluding hydrogens is 311 g/mol. The smallest absolute Gasteiger partial charge is 0.266 e. The lowest BCUT2D eigenvalue weighted by atomic mass is 9.95. The maximum Gasteiger partial charge on any atom is 0.266 e. The third-order valence-corrected chi connectivity index (χ3v) is 4.29. The van der Waals surface area contributed by atoms with Crippen molar-refractivity contribution in [3.05, 3.63) is 58.3 Å². The molecule has 0 saturated carbocycles. The van der Waals surface area contributed by atoms with E-state index in [9.17, 15) is 14.0 Å². The summed E-state index contributed by atoms with van der Waals surface area (Å²) in [7, 11) is 0. The summed E-state index contributed by atoms with van der Waals surface area (Å²) in [4.78, 5) is 25.6. The van der Waals surface area contributed by atoms with E-state index >= 15 is 0 Å². The number of nitrogens with one attached hydrogen (secondary N) is 2. The fourth-order valence-electron chi connectivity index (χ4n) is 2.91. The van der Waals surface area contributed by atoms with Gasteiger partial charge in [-0.3, -0.25) is 9.59 Å². The SMILES string of the molecule is O=C(NCc1ccccc1F)C1CCN(c2cn[nH]c(=O)c2)CC1. The van der Waals surface area contributed by atoms with Crippen molar-refractivity contribution in [3.8, 4) is 0 Å². The number of anilines is 1. The predicted molar refractivity (Wildman–Crippen MR) is 88.0 cm³/mol. The van der Waals surface area contributed by atoms with Gasteiger partial charge >= 0.3 is 0 Å². The Morgan fingerprint density at radius 3 is 2.79 bits per heavy atom. The fraction of sp³-hybridized carbons (Fsp3) is 0.353. The molecule has 1 saturated heterocycles. The number of H-pyrrole nitrogens is 1. The summed E-state index contributed by atoms with van der Waals surface area (Å²) in [5.74, 6) is -0.459. The second-order valence-corrected chi connectivity index (χ2v) is 5.87. The van der Waals surface area contributed by atoms with Crippen LogP contribution in [-0.2, 0) is 11.3 Å². The maximum atomic E-state index is 13.6. The first-order valence-corrected chi connectivity index (χ1v) is 7.94. The van der Waals surface area contributed by atoms with E-state index in [0.717, 1.165) is 5.69 Å². The van der Waals surface area contributed by atoms with Crippen LogP contribution in [0.4, 0.5) is 10.1 Å². The number of halogens is 1. The van der Waals surface area contributed by atoms with Crippen LogP contribution in [0.15, 0.2) is 41.3 Å². The van der Waals surface area contributed by atoms with Gasteiger partial charge in [0.05, 0.1) is 11.9 Å². The molecule has 1 amide bonds. The molecule has 0 aliphatic carbocycles. The molecule has 24 heavy (non-hydrogen) atoms. The zero-order valence-corrected chi connectivity index (χ0v) is 13.2. The number of benzene rings is 1. The van der Waals surface area contributed by atoms with Crippen LogP contribution in [0.2, 0.25) is 0 Å². The van der Waals surface area contributed by atoms with E-state index in [-0.39, 0.29) is 29.7 Å². The molecule has 2 N–H and O–H groups in total. The third kappa shape index (κ3) is 3.79. The van der Waals surface area contributed by atoms with Crippen molar-refractivity contribution in [2.45, 2.75) is 19.4 Å². The highest BCUT2D eigenvalue weighted by molar-refractivity contribution is 5.79. The summed E-state index contributed by atoms with van der Waals surface area (Å²) < 4.78 is 13.6. The van der Waals surface area contributed by atoms with Gasteiger partial charge in [-0.1, -0.05) is 18.2 Å². The average molecular weight is 330 g/mol. The first-order chi connectivity index (χ1) is 11.6. The molecule has 1 aliphatic heterocycles. The van der Waals surface area contributed by atoms with Crippen LogP contribution in [-0.4, -0.2) is 29.2 Å². The standard InChI is InChI=1S/C17H19FN4O2/c18-15-4-2-1-3-13(15)10-19-17(24)12-5-7-22(8-6-12)14-9-16(23)21-20-11-14/h1-4,9,11-12H,5-8,10H2,(H,19,24)(H,21,23). The summed E-state index contributed by atoms with van der Waals surface area (Å²) >= 11 is 0. The van der Waals surface area contributed by atoms with Crippen LogP contribution in [0.1, 0.15) is 18.4 Å². The molecule has 7 heteroatoms. The van der Waals surface area contributed by atoms with Gasteiger partial charge in [0.25, 0.3) is 5.56 Å². The summed E-state index contributed by atoms with van der Waals surface area (Å²) in [5, 5.41) is 8.95. The number of carbonyl (C=O) groups excluding carboxylic acids is 1. The topological polar surface area (TPSA) is 78.1 Å². The molecule has 0 bridgehead atoms. The molecule has 2 heterocycles. The quantitative estimate of drug-likeness (QED) is 0.889. The number of piperidine rings is 1. The van der Waals surface area contributed by atoms with Gasteiger partial charge in [-0.15, -0.1) is 0 Å². The van der Waals surface area contributed by atoms with Crippen molar-refractivity contribution in [1.29, 1.82) is 0 Å². The molecule has 1 aromatic heterocycles. The van der Waals surface area contributed by atoms with Crippen molar-refractivity contribution in [2.75, 3.05) is 18.0 Å². The Balaban J connectivity index is 1.52. The van der Waals surface area contributed by atoms with E-state index in [2.05, 4.69) is 15.5 Å². The van der Waals surface area contributed by atoms with Crippen LogP contribution >= 0.6 is 0 Å². The molecule has 0 unspecified atom stereocenters. The van der Waals surface area contributed by atoms with E-state index in [4.69, 9.17) is 0 Å². The van der Waals surface area contributed by atoms with E-state index < -0.39 is 0 Å². The number of nitrogens with zero attached hydrogens (tertiary/aromatic N) is 2. The van der Waals surface area contributed by atoms with Crippen molar-refractivity contribution in [1.82, 2.24) is 15.5 Å². The Hall–Kier alpha value is -2.70. The highest BCUT2D eigenvalue weighted by Crippen LogP contribution is 2.22. The minimum Gasteiger partial charge on any atom is -0.370 e. The Morgan fingerprint density at radius 1 is 1.33 bits per heavy atom. The Bertz CT molecular complexity index is 769. The van der Waals surface area contributed by atoms with Gasteiger partial charge in [-0.05, 0) is 18.9 Å². The maximum absolute atomic E-state index is 13.6. The Morgan fingerprint density at radius 2 is 2.08 bits per heavy atom. The Kier molecular flexibility index (Phi) is 4.88. The molecule has 1 aliphatic rings. The van der Waals surface area contributed by atoms with E-state index in [1.165, 1.54) is 12.1 Å². The first kappa shape index (κ1) is 16.2. The summed E-state index contributed by atoms with van der Waals surface area (Å²) in [6.45, 7) is 1.57. The van der Waals surface area contributed by atoms with Gasteiger partial charge in [0.1, 0.15) is 5.82 Å². The largest absolute Gasteiger partial charge is 0.370 e. The minimum atomic E-state index is -0.311. The molecule has 1 fully saturated rings. The van der Waals surface area contributed by atoms with Gasteiger partial charge in [0, 0.05) is 37.2 Å². The zero-order chi connectivity index (χ0) is 16.9. The van der Waals surface area contributed by atoms with Gasteiger partial charge < -0.3 is 10.2 Å². The monoisotopic (exact) mass is 330 g/mol. The van der Waals surface area contributed by atoms with Crippen LogP contribution in [0, 0.1) is 11.7 Å². The molecular formula is C17H19FN4O2. The lowest BCUT2D eigenvalue weighted by molar-refractivity contribution is -0.125. The van der Waals surface area contributed by atoms with Gasteiger partial charge in [0.2, 0.25) is 5.91 Å². The number of carbonyl (C=O) groups is 1. The number of hydrogen-bond donors (Lipinski definition) is 2. The van der Waals surface area contributed by atoms with Crippen molar-refractivity contribution in [2.24, 2.45) is 5.92 Å². The molecule has 2 aromatic rings. The van der Waals surface area contributed by atoms with E-state index in [1.807, 2.05) is 4.90 Å². The highest BCUT2D eigenvalue weighted by Gasteiger charge is 2.25. The highest BCUT2D eigenvalue weighted by atomic mass is 19.1. The van der Waals surface area contributed by atoms with Gasteiger partial charge in [0.15, 0.2) is 0 Å². The molecule has 6 nitrogen and oxygen atoms in total. The molecule has 0 atom stereocenters. The predicted octanol–water partition coefficient (Wildman–Crippen LogP) is 1.44. The van der Waals surface area contributed by atoms with Crippen LogP contribution in [0.5, 0.6) is 0 Å². The van der Waals surface area contributed by atoms with Crippen LogP contribution < -0.4 is 15.8 Å². The zero-order valence-electron chi connectivity index (χ0n) is 13.2. The first-order valence-electron chi connectivity index (χ1n) is 7.94. The van der Waals surface area contributed by atoms with Gasteiger partial charge in [-0.25, -0.2) is 9.49 Å². The summed E-state index contributed by atoms with van der Waals surface area (Å²) in [6, 6.07) is 7.93.